The highest BCUT2D eigenvalue weighted by molar-refractivity contribution is 6.32. The molecule has 2 N–H and O–H groups in total. The fraction of sp³-hybridized carbons (Fsp3) is 0.250. The molecule has 1 heterocycles. The van der Waals surface area contributed by atoms with E-state index in [1.807, 2.05) is 18.2 Å². The van der Waals surface area contributed by atoms with Gasteiger partial charge < -0.3 is 5.73 Å². The largest absolute Gasteiger partial charge is 0.383 e. The van der Waals surface area contributed by atoms with Crippen molar-refractivity contribution in [3.05, 3.63) is 45.6 Å². The van der Waals surface area contributed by atoms with Gasteiger partial charge >= 0.3 is 0 Å². The van der Waals surface area contributed by atoms with E-state index in [0.717, 1.165) is 17.9 Å². The van der Waals surface area contributed by atoms with Gasteiger partial charge in [-0.3, -0.25) is 0 Å². The summed E-state index contributed by atoms with van der Waals surface area (Å²) in [5, 5.41) is 5.53. The molecule has 1 unspecified atom stereocenters. The van der Waals surface area contributed by atoms with Crippen LogP contribution in [0.2, 0.25) is 10.0 Å². The average molecular weight is 268 g/mol. The van der Waals surface area contributed by atoms with Crippen molar-refractivity contribution in [3.63, 3.8) is 0 Å². The third kappa shape index (κ3) is 1.70. The zero-order valence-corrected chi connectivity index (χ0v) is 10.5. The Morgan fingerprint density at radius 2 is 2.18 bits per heavy atom. The molecule has 0 fully saturated rings. The number of hydrogen-bond donors (Lipinski definition) is 1. The van der Waals surface area contributed by atoms with E-state index >= 15 is 0 Å². The molecule has 3 rings (SSSR count). The highest BCUT2D eigenvalue weighted by atomic mass is 35.5. The van der Waals surface area contributed by atoms with Gasteiger partial charge in [0.15, 0.2) is 0 Å². The van der Waals surface area contributed by atoms with E-state index in [9.17, 15) is 0 Å². The lowest BCUT2D eigenvalue weighted by Crippen LogP contribution is -2.11. The maximum atomic E-state index is 5.98. The molecule has 88 valence electrons. The minimum absolute atomic E-state index is 0.176. The van der Waals surface area contributed by atoms with Crippen LogP contribution < -0.4 is 5.73 Å². The molecule has 1 aromatic heterocycles. The summed E-state index contributed by atoms with van der Waals surface area (Å²) in [4.78, 5) is 0. The van der Waals surface area contributed by atoms with Crippen molar-refractivity contribution < 1.29 is 0 Å². The van der Waals surface area contributed by atoms with Crippen molar-refractivity contribution >= 4 is 29.0 Å². The number of hydrogen-bond acceptors (Lipinski definition) is 2. The van der Waals surface area contributed by atoms with Gasteiger partial charge in [-0.25, -0.2) is 4.68 Å². The monoisotopic (exact) mass is 267 g/mol. The van der Waals surface area contributed by atoms with E-state index < -0.39 is 0 Å². The van der Waals surface area contributed by atoms with E-state index in [2.05, 4.69) is 5.10 Å². The molecule has 1 aliphatic rings. The number of aryl methyl sites for hydroxylation is 1. The maximum Gasteiger partial charge on any atom is 0.141 e. The Labute approximate surface area is 109 Å². The van der Waals surface area contributed by atoms with Crippen molar-refractivity contribution in [2.24, 2.45) is 0 Å². The number of halogens is 2. The highest BCUT2D eigenvalue weighted by Gasteiger charge is 2.26. The summed E-state index contributed by atoms with van der Waals surface area (Å²) >= 11 is 11.9. The van der Waals surface area contributed by atoms with Crippen LogP contribution in [0.1, 0.15) is 23.6 Å². The Morgan fingerprint density at radius 1 is 1.35 bits per heavy atom. The SMILES string of the molecule is Nc1c(Cl)cnn1C1CCc2cc(Cl)ccc21. The first-order chi connectivity index (χ1) is 8.16. The topological polar surface area (TPSA) is 43.8 Å². The van der Waals surface area contributed by atoms with E-state index in [1.54, 1.807) is 10.9 Å². The number of aromatic nitrogens is 2. The van der Waals surface area contributed by atoms with Crippen LogP contribution in [-0.4, -0.2) is 9.78 Å². The molecule has 0 spiro atoms. The predicted octanol–water partition coefficient (Wildman–Crippen LogP) is 3.31. The molecule has 5 heteroatoms. The minimum Gasteiger partial charge on any atom is -0.383 e. The smallest absolute Gasteiger partial charge is 0.141 e. The van der Waals surface area contributed by atoms with Gasteiger partial charge in [0, 0.05) is 5.02 Å². The second kappa shape index (κ2) is 3.93. The standard InChI is InChI=1S/C12H11Cl2N3/c13-8-2-3-9-7(5-8)1-4-11(9)17-12(15)10(14)6-16-17/h2-3,5-6,11H,1,4,15H2. The molecule has 0 saturated carbocycles. The van der Waals surface area contributed by atoms with Crippen LogP contribution in [0.15, 0.2) is 24.4 Å². The molecular formula is C12H11Cl2N3. The second-order valence-electron chi connectivity index (χ2n) is 4.22. The summed E-state index contributed by atoms with van der Waals surface area (Å²) in [6.45, 7) is 0. The Balaban J connectivity index is 2.07. The van der Waals surface area contributed by atoms with E-state index in [-0.39, 0.29) is 6.04 Å². The molecule has 1 aliphatic carbocycles. The minimum atomic E-state index is 0.176. The lowest BCUT2D eigenvalue weighted by atomic mass is 10.1. The van der Waals surface area contributed by atoms with Crippen LogP contribution in [0.4, 0.5) is 5.82 Å². The summed E-state index contributed by atoms with van der Waals surface area (Å²) in [5.74, 6) is 0.527. The molecule has 17 heavy (non-hydrogen) atoms. The van der Waals surface area contributed by atoms with Gasteiger partial charge in [-0.15, -0.1) is 0 Å². The maximum absolute atomic E-state index is 5.98. The lowest BCUT2D eigenvalue weighted by Gasteiger charge is -2.14. The van der Waals surface area contributed by atoms with Crippen LogP contribution in [0.5, 0.6) is 0 Å². The molecule has 1 atom stereocenters. The van der Waals surface area contributed by atoms with Gasteiger partial charge in [-0.05, 0) is 36.1 Å². The molecule has 1 aromatic carbocycles. The Morgan fingerprint density at radius 3 is 2.88 bits per heavy atom. The lowest BCUT2D eigenvalue weighted by molar-refractivity contribution is 0.528. The van der Waals surface area contributed by atoms with Gasteiger partial charge in [0.2, 0.25) is 0 Å². The predicted molar refractivity (Wildman–Crippen MR) is 69.6 cm³/mol. The Hall–Kier alpha value is -1.19. The van der Waals surface area contributed by atoms with Gasteiger partial charge in [-0.1, -0.05) is 29.3 Å². The fourth-order valence-corrected chi connectivity index (χ4v) is 2.74. The third-order valence-electron chi connectivity index (χ3n) is 3.23. The highest BCUT2D eigenvalue weighted by Crippen LogP contribution is 2.37. The molecule has 2 aromatic rings. The number of nitrogen functional groups attached to an aromatic ring is 1. The molecule has 0 radical (unpaired) electrons. The van der Waals surface area contributed by atoms with E-state index in [0.29, 0.717) is 10.8 Å². The van der Waals surface area contributed by atoms with E-state index in [1.165, 1.54) is 11.1 Å². The zero-order chi connectivity index (χ0) is 12.0. The van der Waals surface area contributed by atoms with Crippen LogP contribution in [-0.2, 0) is 6.42 Å². The number of anilines is 1. The van der Waals surface area contributed by atoms with Gasteiger partial charge in [0.25, 0.3) is 0 Å². The Kier molecular flexibility index (Phi) is 2.53. The fourth-order valence-electron chi connectivity index (χ4n) is 2.42. The summed E-state index contributed by atoms with van der Waals surface area (Å²) in [5.41, 5.74) is 8.42. The van der Waals surface area contributed by atoms with Crippen molar-refractivity contribution in [2.75, 3.05) is 5.73 Å². The van der Waals surface area contributed by atoms with Crippen LogP contribution in [0.25, 0.3) is 0 Å². The van der Waals surface area contributed by atoms with Crippen molar-refractivity contribution in [2.45, 2.75) is 18.9 Å². The number of benzene rings is 1. The molecule has 0 bridgehead atoms. The first kappa shape index (κ1) is 10.9. The first-order valence-corrected chi connectivity index (χ1v) is 6.19. The van der Waals surface area contributed by atoms with Crippen molar-refractivity contribution in [3.8, 4) is 0 Å². The third-order valence-corrected chi connectivity index (χ3v) is 3.76. The number of nitrogens with two attached hydrogens (primary N) is 1. The molecular weight excluding hydrogens is 257 g/mol. The van der Waals surface area contributed by atoms with Gasteiger partial charge in [-0.2, -0.15) is 5.10 Å². The molecule has 0 aliphatic heterocycles. The molecule has 0 saturated heterocycles. The van der Waals surface area contributed by atoms with Crippen molar-refractivity contribution in [1.82, 2.24) is 9.78 Å². The summed E-state index contributed by atoms with van der Waals surface area (Å²) in [6, 6.07) is 6.14. The first-order valence-electron chi connectivity index (χ1n) is 5.43. The Bertz CT molecular complexity index is 577. The second-order valence-corrected chi connectivity index (χ2v) is 5.06. The summed E-state index contributed by atoms with van der Waals surface area (Å²) in [7, 11) is 0. The molecule has 0 amide bonds. The quantitative estimate of drug-likeness (QED) is 0.862. The summed E-state index contributed by atoms with van der Waals surface area (Å²) in [6.07, 6.45) is 3.57. The zero-order valence-electron chi connectivity index (χ0n) is 9.03. The molecule has 3 nitrogen and oxygen atoms in total. The van der Waals surface area contributed by atoms with Crippen LogP contribution in [0, 0.1) is 0 Å². The van der Waals surface area contributed by atoms with Crippen LogP contribution in [0.3, 0.4) is 0 Å². The normalized spacial score (nSPS) is 18.4. The van der Waals surface area contributed by atoms with Crippen LogP contribution >= 0.6 is 23.2 Å². The number of nitrogens with zero attached hydrogens (tertiary/aromatic N) is 2. The van der Waals surface area contributed by atoms with Gasteiger partial charge in [0.05, 0.1) is 12.2 Å². The van der Waals surface area contributed by atoms with E-state index in [4.69, 9.17) is 28.9 Å². The van der Waals surface area contributed by atoms with Crippen molar-refractivity contribution in [1.29, 1.82) is 0 Å². The average Bonchev–Trinajstić information content (AvgIpc) is 2.84. The summed E-state index contributed by atoms with van der Waals surface area (Å²) < 4.78 is 1.79. The van der Waals surface area contributed by atoms with Gasteiger partial charge in [0.1, 0.15) is 10.8 Å². The number of fused-ring (bicyclic) bond motifs is 1. The number of rotatable bonds is 1.